The van der Waals surface area contributed by atoms with Gasteiger partial charge in [0.05, 0.1) is 11.3 Å². The molecule has 0 aromatic carbocycles. The zero-order valence-electron chi connectivity index (χ0n) is 15.9. The number of fused-ring (bicyclic) bond motifs is 1. The lowest BCUT2D eigenvalue weighted by Gasteiger charge is -2.10. The van der Waals surface area contributed by atoms with Crippen LogP contribution in [0.3, 0.4) is 0 Å². The Balaban J connectivity index is 1.96. The highest BCUT2D eigenvalue weighted by molar-refractivity contribution is 7.91. The number of hydrogen-bond donors (Lipinski definition) is 0. The van der Waals surface area contributed by atoms with Crippen LogP contribution in [0.1, 0.15) is 12.5 Å². The number of rotatable bonds is 4. The lowest BCUT2D eigenvalue weighted by atomic mass is 10.1. The highest BCUT2D eigenvalue weighted by Gasteiger charge is 2.31. The predicted octanol–water partition coefficient (Wildman–Crippen LogP) is 2.75. The molecule has 0 spiro atoms. The normalized spacial score (nSPS) is 12.4. The van der Waals surface area contributed by atoms with Crippen molar-refractivity contribution in [1.82, 2.24) is 24.1 Å². The Morgan fingerprint density at radius 3 is 2.52 bits per heavy atom. The topological polar surface area (TPSA) is 99.2 Å². The van der Waals surface area contributed by atoms with E-state index in [-0.39, 0.29) is 22.1 Å². The summed E-state index contributed by atoms with van der Waals surface area (Å²) in [4.78, 5) is 20.6. The molecule has 0 atom stereocenters. The second-order valence-corrected chi connectivity index (χ2v) is 8.78. The van der Waals surface area contributed by atoms with Gasteiger partial charge in [0.25, 0.3) is 0 Å². The fourth-order valence-electron chi connectivity index (χ4n) is 2.95. The van der Waals surface area contributed by atoms with Crippen LogP contribution in [0.25, 0.3) is 22.6 Å². The largest absolute Gasteiger partial charge is 0.417 e. The lowest BCUT2D eigenvalue weighted by molar-refractivity contribution is -0.137. The molecule has 4 aromatic rings. The Morgan fingerprint density at radius 2 is 1.87 bits per heavy atom. The Bertz CT molecular complexity index is 1440. The van der Waals surface area contributed by atoms with Crippen molar-refractivity contribution in [3.63, 3.8) is 0 Å². The molecular weight excluding hydrogens is 435 g/mol. The van der Waals surface area contributed by atoms with Crippen LogP contribution in [-0.4, -0.2) is 38.3 Å². The molecule has 4 aromatic heterocycles. The molecule has 0 saturated heterocycles. The van der Waals surface area contributed by atoms with Crippen molar-refractivity contribution in [2.24, 2.45) is 0 Å². The standard InChI is InChI=1S/C19H14F3N5O3S/c1-2-31(29,30)15-8-13(12-4-3-7-23-9-12)10-24-17(15)27-18(28)26-11-14(19(20,21)22)5-6-16(26)25-27/h3-11H,2H2,1H3. The predicted molar refractivity (Wildman–Crippen MR) is 105 cm³/mol. The minimum Gasteiger partial charge on any atom is -0.264 e. The van der Waals surface area contributed by atoms with E-state index in [0.29, 0.717) is 26.4 Å². The maximum absolute atomic E-state index is 13.0. The van der Waals surface area contributed by atoms with E-state index >= 15 is 0 Å². The van der Waals surface area contributed by atoms with Gasteiger partial charge in [-0.25, -0.2) is 22.6 Å². The van der Waals surface area contributed by atoms with Crippen LogP contribution in [0, 0.1) is 0 Å². The molecule has 4 rings (SSSR count). The molecule has 0 aliphatic heterocycles. The van der Waals surface area contributed by atoms with Gasteiger partial charge in [-0.1, -0.05) is 13.0 Å². The Hall–Kier alpha value is -3.54. The summed E-state index contributed by atoms with van der Waals surface area (Å²) in [6, 6.07) is 6.53. The summed E-state index contributed by atoms with van der Waals surface area (Å²) in [5.41, 5.74) is -1.06. The third kappa shape index (κ3) is 3.69. The zero-order valence-corrected chi connectivity index (χ0v) is 16.7. The number of hydrogen-bond acceptors (Lipinski definition) is 6. The smallest absolute Gasteiger partial charge is 0.264 e. The van der Waals surface area contributed by atoms with E-state index in [9.17, 15) is 26.4 Å². The van der Waals surface area contributed by atoms with E-state index in [2.05, 4.69) is 15.1 Å². The molecule has 0 unspecified atom stereocenters. The van der Waals surface area contributed by atoms with Crippen LogP contribution >= 0.6 is 0 Å². The highest BCUT2D eigenvalue weighted by atomic mass is 32.2. The van der Waals surface area contributed by atoms with Gasteiger partial charge in [0.15, 0.2) is 21.3 Å². The maximum atomic E-state index is 13.0. The molecule has 0 N–H and O–H groups in total. The summed E-state index contributed by atoms with van der Waals surface area (Å²) >= 11 is 0. The van der Waals surface area contributed by atoms with Gasteiger partial charge in [-0.05, 0) is 24.3 Å². The van der Waals surface area contributed by atoms with Crippen molar-refractivity contribution in [2.45, 2.75) is 18.0 Å². The number of nitrogens with zero attached hydrogens (tertiary/aromatic N) is 5. The molecule has 0 saturated carbocycles. The molecule has 0 bridgehead atoms. The fraction of sp³-hybridized carbons (Fsp3) is 0.158. The molecule has 0 amide bonds. The summed E-state index contributed by atoms with van der Waals surface area (Å²) in [6.45, 7) is 1.43. The van der Waals surface area contributed by atoms with Crippen molar-refractivity contribution < 1.29 is 21.6 Å². The molecule has 4 heterocycles. The molecule has 160 valence electrons. The van der Waals surface area contributed by atoms with Gasteiger partial charge in [0.2, 0.25) is 0 Å². The van der Waals surface area contributed by atoms with Crippen molar-refractivity contribution >= 4 is 15.5 Å². The summed E-state index contributed by atoms with van der Waals surface area (Å²) < 4.78 is 65.9. The zero-order chi connectivity index (χ0) is 22.4. The Morgan fingerprint density at radius 1 is 1.10 bits per heavy atom. The monoisotopic (exact) mass is 449 g/mol. The number of alkyl halides is 3. The van der Waals surface area contributed by atoms with Crippen molar-refractivity contribution in [3.05, 3.63) is 71.2 Å². The van der Waals surface area contributed by atoms with Crippen LogP contribution in [0.5, 0.6) is 0 Å². The highest BCUT2D eigenvalue weighted by Crippen LogP contribution is 2.29. The quantitative estimate of drug-likeness (QED) is 0.475. The van der Waals surface area contributed by atoms with E-state index in [4.69, 9.17) is 0 Å². The van der Waals surface area contributed by atoms with E-state index < -0.39 is 27.3 Å². The SMILES string of the molecule is CCS(=O)(=O)c1cc(-c2cccnc2)cnc1-n1nc2ccc(C(F)(F)F)cn2c1=O. The van der Waals surface area contributed by atoms with Crippen LogP contribution < -0.4 is 5.69 Å². The second-order valence-electron chi connectivity index (χ2n) is 6.53. The van der Waals surface area contributed by atoms with Gasteiger partial charge in [0, 0.05) is 35.9 Å². The van der Waals surface area contributed by atoms with Crippen LogP contribution in [0.4, 0.5) is 13.2 Å². The van der Waals surface area contributed by atoms with Gasteiger partial charge in [0.1, 0.15) is 4.90 Å². The maximum Gasteiger partial charge on any atom is 0.417 e. The molecule has 0 fully saturated rings. The first kappa shape index (κ1) is 20.7. The number of halogens is 3. The average molecular weight is 449 g/mol. The van der Waals surface area contributed by atoms with E-state index in [1.807, 2.05) is 0 Å². The average Bonchev–Trinajstić information content (AvgIpc) is 3.09. The summed E-state index contributed by atoms with van der Waals surface area (Å²) in [7, 11) is -3.86. The molecule has 0 aliphatic carbocycles. The number of pyridine rings is 3. The van der Waals surface area contributed by atoms with Gasteiger partial charge in [-0.2, -0.15) is 17.9 Å². The summed E-state index contributed by atoms with van der Waals surface area (Å²) in [5.74, 6) is -0.574. The fourth-order valence-corrected chi connectivity index (χ4v) is 3.99. The van der Waals surface area contributed by atoms with Crippen molar-refractivity contribution in [3.8, 4) is 16.9 Å². The van der Waals surface area contributed by atoms with Crippen LogP contribution in [0.15, 0.2) is 64.8 Å². The first-order valence-corrected chi connectivity index (χ1v) is 10.6. The Kier molecular flexibility index (Phi) is 4.88. The summed E-state index contributed by atoms with van der Waals surface area (Å²) in [6.07, 6.45) is 0.378. The molecule has 8 nitrogen and oxygen atoms in total. The molecule has 0 aliphatic rings. The van der Waals surface area contributed by atoms with E-state index in [0.717, 1.165) is 12.1 Å². The third-order valence-electron chi connectivity index (χ3n) is 4.59. The van der Waals surface area contributed by atoms with Gasteiger partial charge in [-0.3, -0.25) is 4.98 Å². The number of aromatic nitrogens is 5. The second kappa shape index (κ2) is 7.30. The summed E-state index contributed by atoms with van der Waals surface area (Å²) in [5, 5.41) is 3.98. The molecular formula is C19H14F3N5O3S. The Labute approximate surface area is 173 Å². The minimum absolute atomic E-state index is 0.0871. The third-order valence-corrected chi connectivity index (χ3v) is 6.32. The molecule has 12 heteroatoms. The lowest BCUT2D eigenvalue weighted by Crippen LogP contribution is -2.23. The van der Waals surface area contributed by atoms with Crippen molar-refractivity contribution in [2.75, 3.05) is 5.75 Å². The first-order valence-electron chi connectivity index (χ1n) is 8.94. The van der Waals surface area contributed by atoms with Crippen LogP contribution in [-0.2, 0) is 16.0 Å². The van der Waals surface area contributed by atoms with Gasteiger partial charge in [-0.15, -0.1) is 5.10 Å². The van der Waals surface area contributed by atoms with Crippen molar-refractivity contribution in [1.29, 1.82) is 0 Å². The molecule has 0 radical (unpaired) electrons. The van der Waals surface area contributed by atoms with E-state index in [1.165, 1.54) is 25.4 Å². The van der Waals surface area contributed by atoms with E-state index in [1.54, 1.807) is 18.3 Å². The minimum atomic E-state index is -4.66. The van der Waals surface area contributed by atoms with Gasteiger partial charge < -0.3 is 0 Å². The first-order chi connectivity index (χ1) is 14.6. The van der Waals surface area contributed by atoms with Gasteiger partial charge >= 0.3 is 11.9 Å². The van der Waals surface area contributed by atoms with Crippen LogP contribution in [0.2, 0.25) is 0 Å². The molecule has 31 heavy (non-hydrogen) atoms. The number of sulfone groups is 1.